The Bertz CT molecular complexity index is 293. The summed E-state index contributed by atoms with van der Waals surface area (Å²) in [4.78, 5) is 4.90. The number of rotatable bonds is 4. The van der Waals surface area contributed by atoms with E-state index in [1.165, 1.54) is 55.9 Å². The normalized spacial score (nSPS) is 32.2. The molecule has 1 heterocycles. The fraction of sp³-hybridized carbons (Fsp3) is 0.938. The SMILES string of the molecule is CCCC1CCC(NC2=NC(C(C)C)CCS2)CC1. The quantitative estimate of drug-likeness (QED) is 0.823. The Morgan fingerprint density at radius 1 is 1.21 bits per heavy atom. The molecule has 110 valence electrons. The van der Waals surface area contributed by atoms with E-state index < -0.39 is 0 Å². The molecule has 0 aromatic heterocycles. The van der Waals surface area contributed by atoms with Crippen molar-refractivity contribution in [2.75, 3.05) is 5.75 Å². The van der Waals surface area contributed by atoms with Crippen LogP contribution in [0.5, 0.6) is 0 Å². The molecule has 0 aromatic rings. The van der Waals surface area contributed by atoms with Crippen LogP contribution in [-0.4, -0.2) is 23.0 Å². The molecule has 0 amide bonds. The summed E-state index contributed by atoms with van der Waals surface area (Å²) in [6.45, 7) is 6.89. The largest absolute Gasteiger partial charge is 0.362 e. The van der Waals surface area contributed by atoms with Crippen LogP contribution in [0.2, 0.25) is 0 Å². The molecule has 1 fully saturated rings. The maximum atomic E-state index is 4.90. The third-order valence-electron chi connectivity index (χ3n) is 4.58. The van der Waals surface area contributed by atoms with Gasteiger partial charge >= 0.3 is 0 Å². The predicted octanol–water partition coefficient (Wildman–Crippen LogP) is 4.45. The van der Waals surface area contributed by atoms with Crippen molar-refractivity contribution in [1.29, 1.82) is 0 Å². The lowest BCUT2D eigenvalue weighted by molar-refractivity contribution is 0.296. The van der Waals surface area contributed by atoms with Crippen LogP contribution < -0.4 is 5.32 Å². The van der Waals surface area contributed by atoms with Crippen LogP contribution in [0, 0.1) is 11.8 Å². The van der Waals surface area contributed by atoms with Crippen molar-refractivity contribution < 1.29 is 0 Å². The van der Waals surface area contributed by atoms with Crippen molar-refractivity contribution >= 4 is 16.9 Å². The van der Waals surface area contributed by atoms with E-state index in [0.717, 1.165) is 5.92 Å². The minimum absolute atomic E-state index is 0.542. The summed E-state index contributed by atoms with van der Waals surface area (Å²) in [5.74, 6) is 2.91. The second-order valence-corrected chi connectivity index (χ2v) is 7.62. The molecule has 3 heteroatoms. The zero-order chi connectivity index (χ0) is 13.7. The maximum absolute atomic E-state index is 4.90. The fourth-order valence-corrected chi connectivity index (χ4v) is 4.28. The Morgan fingerprint density at radius 2 is 1.95 bits per heavy atom. The van der Waals surface area contributed by atoms with E-state index in [2.05, 4.69) is 26.1 Å². The zero-order valence-electron chi connectivity index (χ0n) is 12.8. The number of thioether (sulfide) groups is 1. The smallest absolute Gasteiger partial charge is 0.157 e. The van der Waals surface area contributed by atoms with Gasteiger partial charge < -0.3 is 5.32 Å². The average molecular weight is 282 g/mol. The van der Waals surface area contributed by atoms with Crippen molar-refractivity contribution in [3.05, 3.63) is 0 Å². The van der Waals surface area contributed by atoms with E-state index in [-0.39, 0.29) is 0 Å². The van der Waals surface area contributed by atoms with Gasteiger partial charge in [-0.2, -0.15) is 0 Å². The number of nitrogens with one attached hydrogen (secondary N) is 1. The first kappa shape index (κ1) is 15.2. The topological polar surface area (TPSA) is 24.4 Å². The number of nitrogens with zero attached hydrogens (tertiary/aromatic N) is 1. The van der Waals surface area contributed by atoms with Crippen LogP contribution in [0.15, 0.2) is 4.99 Å². The van der Waals surface area contributed by atoms with Crippen LogP contribution >= 0.6 is 11.8 Å². The van der Waals surface area contributed by atoms with Gasteiger partial charge in [0, 0.05) is 11.8 Å². The van der Waals surface area contributed by atoms with E-state index in [4.69, 9.17) is 4.99 Å². The molecule has 0 saturated heterocycles. The Kier molecular flexibility index (Phi) is 6.06. The van der Waals surface area contributed by atoms with Crippen LogP contribution in [0.3, 0.4) is 0 Å². The Labute approximate surface area is 123 Å². The highest BCUT2D eigenvalue weighted by molar-refractivity contribution is 8.13. The minimum Gasteiger partial charge on any atom is -0.362 e. The standard InChI is InChI=1S/C16H30N2S/c1-4-5-13-6-8-14(9-7-13)17-16-18-15(12(2)3)10-11-19-16/h12-15H,4-11H2,1-3H3,(H,17,18). The van der Waals surface area contributed by atoms with Gasteiger partial charge in [-0.05, 0) is 43.9 Å². The maximum Gasteiger partial charge on any atom is 0.157 e. The van der Waals surface area contributed by atoms with Crippen molar-refractivity contribution in [3.63, 3.8) is 0 Å². The molecule has 1 unspecified atom stereocenters. The molecular formula is C16H30N2S. The van der Waals surface area contributed by atoms with Crippen molar-refractivity contribution in [2.45, 2.75) is 77.8 Å². The highest BCUT2D eigenvalue weighted by atomic mass is 32.2. The van der Waals surface area contributed by atoms with Crippen LogP contribution in [-0.2, 0) is 0 Å². The monoisotopic (exact) mass is 282 g/mol. The molecule has 2 nitrogen and oxygen atoms in total. The van der Waals surface area contributed by atoms with Crippen LogP contribution in [0.4, 0.5) is 0 Å². The molecular weight excluding hydrogens is 252 g/mol. The lowest BCUT2D eigenvalue weighted by Gasteiger charge is -2.31. The highest BCUT2D eigenvalue weighted by Gasteiger charge is 2.24. The second-order valence-electron chi connectivity index (χ2n) is 6.53. The third-order valence-corrected chi connectivity index (χ3v) is 5.51. The zero-order valence-corrected chi connectivity index (χ0v) is 13.6. The number of aliphatic imine (C=N–C) groups is 1. The molecule has 1 aliphatic heterocycles. The summed E-state index contributed by atoms with van der Waals surface area (Å²) < 4.78 is 0. The van der Waals surface area contributed by atoms with Gasteiger partial charge in [0.25, 0.3) is 0 Å². The van der Waals surface area contributed by atoms with Gasteiger partial charge in [-0.3, -0.25) is 4.99 Å². The average Bonchev–Trinajstić information content (AvgIpc) is 2.42. The first-order valence-corrected chi connectivity index (χ1v) is 9.14. The van der Waals surface area contributed by atoms with Crippen molar-refractivity contribution in [3.8, 4) is 0 Å². The lowest BCUT2D eigenvalue weighted by atomic mass is 9.83. The van der Waals surface area contributed by atoms with Gasteiger partial charge in [0.05, 0.1) is 6.04 Å². The fourth-order valence-electron chi connectivity index (χ4n) is 3.27. The summed E-state index contributed by atoms with van der Waals surface area (Å²) in [5.41, 5.74) is 0. The Morgan fingerprint density at radius 3 is 2.58 bits per heavy atom. The van der Waals surface area contributed by atoms with Crippen LogP contribution in [0.25, 0.3) is 0 Å². The first-order valence-electron chi connectivity index (χ1n) is 8.16. The summed E-state index contributed by atoms with van der Waals surface area (Å²) in [6.07, 6.45) is 9.54. The lowest BCUT2D eigenvalue weighted by Crippen LogP contribution is -2.38. The number of hydrogen-bond donors (Lipinski definition) is 1. The van der Waals surface area contributed by atoms with Gasteiger partial charge in [0.15, 0.2) is 5.17 Å². The molecule has 0 bridgehead atoms. The molecule has 0 aromatic carbocycles. The van der Waals surface area contributed by atoms with E-state index in [1.54, 1.807) is 0 Å². The molecule has 1 saturated carbocycles. The highest BCUT2D eigenvalue weighted by Crippen LogP contribution is 2.29. The van der Waals surface area contributed by atoms with Crippen LogP contribution in [0.1, 0.15) is 65.7 Å². The summed E-state index contributed by atoms with van der Waals surface area (Å²) in [7, 11) is 0. The first-order chi connectivity index (χ1) is 9.19. The van der Waals surface area contributed by atoms with E-state index >= 15 is 0 Å². The molecule has 19 heavy (non-hydrogen) atoms. The van der Waals surface area contributed by atoms with E-state index in [1.807, 2.05) is 11.8 Å². The Hall–Kier alpha value is -0.180. The summed E-state index contributed by atoms with van der Waals surface area (Å²) in [5, 5.41) is 4.94. The summed E-state index contributed by atoms with van der Waals surface area (Å²) in [6, 6.07) is 1.23. The van der Waals surface area contributed by atoms with Crippen molar-refractivity contribution in [2.24, 2.45) is 16.8 Å². The van der Waals surface area contributed by atoms with E-state index in [0.29, 0.717) is 18.0 Å². The molecule has 2 aliphatic rings. The summed E-state index contributed by atoms with van der Waals surface area (Å²) >= 11 is 1.93. The molecule has 2 rings (SSSR count). The van der Waals surface area contributed by atoms with Gasteiger partial charge in [0.1, 0.15) is 0 Å². The van der Waals surface area contributed by atoms with Gasteiger partial charge in [0.2, 0.25) is 0 Å². The van der Waals surface area contributed by atoms with Gasteiger partial charge in [-0.15, -0.1) is 0 Å². The van der Waals surface area contributed by atoms with Gasteiger partial charge in [-0.25, -0.2) is 0 Å². The van der Waals surface area contributed by atoms with E-state index in [9.17, 15) is 0 Å². The second kappa shape index (κ2) is 7.56. The predicted molar refractivity (Wildman–Crippen MR) is 86.9 cm³/mol. The molecule has 1 atom stereocenters. The van der Waals surface area contributed by atoms with Gasteiger partial charge in [-0.1, -0.05) is 45.4 Å². The molecule has 1 aliphatic carbocycles. The number of amidine groups is 1. The Balaban J connectivity index is 1.79. The number of hydrogen-bond acceptors (Lipinski definition) is 3. The molecule has 0 radical (unpaired) electrons. The third kappa shape index (κ3) is 4.70. The molecule has 0 spiro atoms. The molecule has 1 N–H and O–H groups in total. The minimum atomic E-state index is 0.542. The van der Waals surface area contributed by atoms with Crippen molar-refractivity contribution in [1.82, 2.24) is 5.32 Å².